The molecule has 1 atom stereocenters. The standard InChI is InChI=1S/C27H43N3O2/c1-6-7-16-30-26(32)29(18-27(30)14-9-8-10-15-27)17-23(31)25(28)24-21(19(2)3)12-11-13-22(24)20(4)5/h11-13,19-20,25H,6-10,14-18,28H2,1-5H3. The predicted octanol–water partition coefficient (Wildman–Crippen LogP) is 5.74. The summed E-state index contributed by atoms with van der Waals surface area (Å²) < 4.78 is 0. The van der Waals surface area contributed by atoms with Crippen molar-refractivity contribution in [2.45, 2.75) is 103 Å². The van der Waals surface area contributed by atoms with Gasteiger partial charge >= 0.3 is 6.03 Å². The normalized spacial score (nSPS) is 19.4. The van der Waals surface area contributed by atoms with Crippen LogP contribution in [0.4, 0.5) is 4.79 Å². The monoisotopic (exact) mass is 441 g/mol. The number of ketones is 1. The fourth-order valence-corrected chi connectivity index (χ4v) is 5.71. The van der Waals surface area contributed by atoms with Gasteiger partial charge in [-0.15, -0.1) is 0 Å². The lowest BCUT2D eigenvalue weighted by Gasteiger charge is -2.40. The zero-order valence-corrected chi connectivity index (χ0v) is 20.8. The van der Waals surface area contributed by atoms with Crippen LogP contribution in [0.3, 0.4) is 0 Å². The highest BCUT2D eigenvalue weighted by atomic mass is 16.2. The van der Waals surface area contributed by atoms with E-state index in [-0.39, 0.29) is 35.7 Å². The first-order valence-corrected chi connectivity index (χ1v) is 12.7. The van der Waals surface area contributed by atoms with Crippen molar-refractivity contribution in [3.05, 3.63) is 34.9 Å². The van der Waals surface area contributed by atoms with Crippen molar-refractivity contribution in [3.63, 3.8) is 0 Å². The Morgan fingerprint density at radius 1 is 1.06 bits per heavy atom. The Hall–Kier alpha value is -1.88. The summed E-state index contributed by atoms with van der Waals surface area (Å²) in [6, 6.07) is 5.56. The third-order valence-corrected chi connectivity index (χ3v) is 7.50. The molecule has 1 unspecified atom stereocenters. The van der Waals surface area contributed by atoms with Gasteiger partial charge in [-0.1, -0.05) is 78.5 Å². The number of nitrogens with zero attached hydrogens (tertiary/aromatic N) is 2. The molecule has 1 aliphatic heterocycles. The van der Waals surface area contributed by atoms with Gasteiger partial charge in [0.15, 0.2) is 5.78 Å². The third-order valence-electron chi connectivity index (χ3n) is 7.50. The molecule has 2 N–H and O–H groups in total. The van der Waals surface area contributed by atoms with E-state index in [4.69, 9.17) is 5.73 Å². The van der Waals surface area contributed by atoms with E-state index in [1.165, 1.54) is 6.42 Å². The van der Waals surface area contributed by atoms with Gasteiger partial charge in [0.05, 0.1) is 18.1 Å². The molecule has 1 aliphatic carbocycles. The Kier molecular flexibility index (Phi) is 8.02. The lowest BCUT2D eigenvalue weighted by Crippen LogP contribution is -2.48. The molecule has 0 radical (unpaired) electrons. The van der Waals surface area contributed by atoms with E-state index in [9.17, 15) is 9.59 Å². The van der Waals surface area contributed by atoms with Crippen molar-refractivity contribution < 1.29 is 9.59 Å². The minimum Gasteiger partial charge on any atom is -0.318 e. The van der Waals surface area contributed by atoms with Crippen LogP contribution in [0.2, 0.25) is 0 Å². The van der Waals surface area contributed by atoms with Crippen molar-refractivity contribution >= 4 is 11.8 Å². The number of carbonyl (C=O) groups excluding carboxylic acids is 2. The number of unbranched alkanes of at least 4 members (excludes halogenated alkanes) is 1. The van der Waals surface area contributed by atoms with E-state index in [2.05, 4.69) is 57.7 Å². The maximum atomic E-state index is 13.4. The van der Waals surface area contributed by atoms with Gasteiger partial charge < -0.3 is 15.5 Å². The summed E-state index contributed by atoms with van der Waals surface area (Å²) in [5.74, 6) is 0.508. The first kappa shape index (κ1) is 24.8. The van der Waals surface area contributed by atoms with Crippen molar-refractivity contribution in [2.24, 2.45) is 5.73 Å². The Balaban J connectivity index is 1.83. The van der Waals surface area contributed by atoms with Crippen LogP contribution in [0.25, 0.3) is 0 Å². The number of rotatable bonds is 9. The van der Waals surface area contributed by atoms with Gasteiger partial charge in [-0.05, 0) is 47.8 Å². The summed E-state index contributed by atoms with van der Waals surface area (Å²) >= 11 is 0. The summed E-state index contributed by atoms with van der Waals surface area (Å²) in [7, 11) is 0. The summed E-state index contributed by atoms with van der Waals surface area (Å²) in [6.07, 6.45) is 7.74. The lowest BCUT2D eigenvalue weighted by atomic mass is 9.81. The largest absolute Gasteiger partial charge is 0.321 e. The second-order valence-electron chi connectivity index (χ2n) is 10.5. The second-order valence-corrected chi connectivity index (χ2v) is 10.5. The van der Waals surface area contributed by atoms with E-state index in [1.807, 2.05) is 0 Å². The average molecular weight is 442 g/mol. The van der Waals surface area contributed by atoms with Gasteiger partial charge in [0, 0.05) is 13.1 Å². The molecule has 1 aromatic carbocycles. The summed E-state index contributed by atoms with van der Waals surface area (Å²) in [4.78, 5) is 30.7. The summed E-state index contributed by atoms with van der Waals surface area (Å²) in [5.41, 5.74) is 9.77. The maximum absolute atomic E-state index is 13.4. The molecule has 32 heavy (non-hydrogen) atoms. The number of amides is 2. The van der Waals surface area contributed by atoms with Crippen LogP contribution in [0.1, 0.15) is 114 Å². The maximum Gasteiger partial charge on any atom is 0.321 e. The Bertz CT molecular complexity index is 785. The quantitative estimate of drug-likeness (QED) is 0.531. The summed E-state index contributed by atoms with van der Waals surface area (Å²) in [5, 5.41) is 0. The number of nitrogens with two attached hydrogens (primary N) is 1. The minimum absolute atomic E-state index is 0.0297. The molecule has 2 amide bonds. The van der Waals surface area contributed by atoms with E-state index in [0.29, 0.717) is 6.54 Å². The van der Waals surface area contributed by atoms with Crippen LogP contribution >= 0.6 is 0 Å². The van der Waals surface area contributed by atoms with Gasteiger partial charge in [-0.25, -0.2) is 4.79 Å². The number of hydrogen-bond acceptors (Lipinski definition) is 3. The molecule has 3 rings (SSSR count). The van der Waals surface area contributed by atoms with E-state index in [0.717, 1.165) is 61.8 Å². The Morgan fingerprint density at radius 3 is 2.19 bits per heavy atom. The zero-order valence-electron chi connectivity index (χ0n) is 20.8. The van der Waals surface area contributed by atoms with Crippen molar-refractivity contribution in [1.82, 2.24) is 9.80 Å². The first-order valence-electron chi connectivity index (χ1n) is 12.7. The summed E-state index contributed by atoms with van der Waals surface area (Å²) in [6.45, 7) is 12.3. The first-order chi connectivity index (χ1) is 15.2. The number of carbonyl (C=O) groups is 2. The van der Waals surface area contributed by atoms with E-state index in [1.54, 1.807) is 4.90 Å². The molecule has 2 fully saturated rings. The molecule has 0 bridgehead atoms. The van der Waals surface area contributed by atoms with Crippen molar-refractivity contribution in [1.29, 1.82) is 0 Å². The average Bonchev–Trinajstić information content (AvgIpc) is 3.01. The van der Waals surface area contributed by atoms with E-state index < -0.39 is 6.04 Å². The van der Waals surface area contributed by atoms with Crippen LogP contribution in [0.15, 0.2) is 18.2 Å². The van der Waals surface area contributed by atoms with Crippen LogP contribution in [0, 0.1) is 0 Å². The van der Waals surface area contributed by atoms with Crippen LogP contribution < -0.4 is 5.73 Å². The van der Waals surface area contributed by atoms with Gasteiger partial charge in [0.1, 0.15) is 0 Å². The number of urea groups is 1. The van der Waals surface area contributed by atoms with Crippen LogP contribution in [0.5, 0.6) is 0 Å². The third kappa shape index (κ3) is 4.88. The number of hydrogen-bond donors (Lipinski definition) is 1. The highest BCUT2D eigenvalue weighted by molar-refractivity contribution is 5.91. The molecule has 1 spiro atoms. The molecular weight excluding hydrogens is 398 g/mol. The zero-order chi connectivity index (χ0) is 23.5. The van der Waals surface area contributed by atoms with Crippen LogP contribution in [-0.2, 0) is 4.79 Å². The molecular formula is C27H43N3O2. The second kappa shape index (κ2) is 10.4. The van der Waals surface area contributed by atoms with Gasteiger partial charge in [0.25, 0.3) is 0 Å². The minimum atomic E-state index is -0.703. The fraction of sp³-hybridized carbons (Fsp3) is 0.704. The molecule has 2 aliphatic rings. The molecule has 178 valence electrons. The lowest BCUT2D eigenvalue weighted by molar-refractivity contribution is -0.121. The molecule has 1 heterocycles. The van der Waals surface area contributed by atoms with Gasteiger partial charge in [-0.3, -0.25) is 4.79 Å². The Labute approximate surface area is 194 Å². The predicted molar refractivity (Wildman–Crippen MR) is 131 cm³/mol. The fourth-order valence-electron chi connectivity index (χ4n) is 5.71. The number of benzene rings is 1. The highest BCUT2D eigenvalue weighted by Gasteiger charge is 2.49. The van der Waals surface area contributed by atoms with Crippen molar-refractivity contribution in [2.75, 3.05) is 19.6 Å². The topological polar surface area (TPSA) is 66.6 Å². The van der Waals surface area contributed by atoms with Gasteiger partial charge in [0.2, 0.25) is 0 Å². The smallest absolute Gasteiger partial charge is 0.318 e. The Morgan fingerprint density at radius 2 is 1.66 bits per heavy atom. The molecule has 1 saturated heterocycles. The molecule has 1 aromatic rings. The molecule has 5 heteroatoms. The molecule has 1 saturated carbocycles. The van der Waals surface area contributed by atoms with Crippen molar-refractivity contribution in [3.8, 4) is 0 Å². The van der Waals surface area contributed by atoms with E-state index >= 15 is 0 Å². The molecule has 0 aromatic heterocycles. The highest BCUT2D eigenvalue weighted by Crippen LogP contribution is 2.40. The van der Waals surface area contributed by atoms with Crippen LogP contribution in [-0.4, -0.2) is 46.8 Å². The molecule has 5 nitrogen and oxygen atoms in total. The SMILES string of the molecule is CCCCN1C(=O)N(CC(=O)C(N)c2c(C(C)C)cccc2C(C)C)CC12CCCCC2. The number of Topliss-reactive ketones (excluding diaryl/α,β-unsaturated/α-hetero) is 1. The van der Waals surface area contributed by atoms with Gasteiger partial charge in [-0.2, -0.15) is 0 Å².